The minimum atomic E-state index is 0.626. The van der Waals surface area contributed by atoms with E-state index in [1.165, 1.54) is 3.57 Å². The first kappa shape index (κ1) is 13.7. The van der Waals surface area contributed by atoms with Crippen LogP contribution in [0.15, 0.2) is 46.9 Å². The van der Waals surface area contributed by atoms with E-state index in [-0.39, 0.29) is 0 Å². The van der Waals surface area contributed by atoms with Crippen molar-refractivity contribution in [1.29, 1.82) is 0 Å². The zero-order valence-electron chi connectivity index (χ0n) is 9.70. The van der Waals surface area contributed by atoms with Gasteiger partial charge in [0.1, 0.15) is 5.75 Å². The smallest absolute Gasteiger partial charge is 0.120 e. The van der Waals surface area contributed by atoms with Crippen molar-refractivity contribution in [2.45, 2.75) is 6.42 Å². The molecule has 0 unspecified atom stereocenters. The lowest BCUT2D eigenvalue weighted by Crippen LogP contribution is -2.04. The first-order chi connectivity index (χ1) is 8.65. The Kier molecular flexibility index (Phi) is 4.88. The molecule has 0 aliphatic rings. The van der Waals surface area contributed by atoms with E-state index in [1.54, 1.807) is 0 Å². The van der Waals surface area contributed by atoms with Gasteiger partial charge in [-0.05, 0) is 64.6 Å². The predicted octanol–water partition coefficient (Wildman–Crippen LogP) is 4.26. The molecule has 4 heteroatoms. The van der Waals surface area contributed by atoms with Crippen LogP contribution in [-0.4, -0.2) is 6.61 Å². The van der Waals surface area contributed by atoms with Gasteiger partial charge in [-0.15, -0.1) is 0 Å². The average Bonchev–Trinajstić information content (AvgIpc) is 2.34. The molecule has 0 saturated heterocycles. The highest BCUT2D eigenvalue weighted by Crippen LogP contribution is 2.20. The van der Waals surface area contributed by atoms with Gasteiger partial charge in [0.25, 0.3) is 0 Å². The van der Waals surface area contributed by atoms with Crippen molar-refractivity contribution in [1.82, 2.24) is 0 Å². The summed E-state index contributed by atoms with van der Waals surface area (Å²) in [5.74, 6) is 0.899. The number of ether oxygens (including phenoxy) is 1. The van der Waals surface area contributed by atoms with E-state index in [0.29, 0.717) is 6.61 Å². The van der Waals surface area contributed by atoms with E-state index >= 15 is 0 Å². The second kappa shape index (κ2) is 6.43. The molecule has 0 atom stereocenters. The number of rotatable bonds is 4. The van der Waals surface area contributed by atoms with Gasteiger partial charge in [-0.25, -0.2) is 0 Å². The number of benzene rings is 2. The molecule has 0 spiro atoms. The number of anilines is 1. The first-order valence-electron chi connectivity index (χ1n) is 5.57. The van der Waals surface area contributed by atoms with Gasteiger partial charge in [0.05, 0.1) is 6.61 Å². The standard InChI is InChI=1S/C14H13BrINO/c15-11-4-5-14(17)10(8-11)6-7-18-13-3-1-2-12(16)9-13/h1-5,8-9H,6-7,17H2. The van der Waals surface area contributed by atoms with Crippen LogP contribution in [-0.2, 0) is 6.42 Å². The Morgan fingerprint density at radius 3 is 2.78 bits per heavy atom. The zero-order valence-corrected chi connectivity index (χ0v) is 13.4. The molecular weight excluding hydrogens is 405 g/mol. The normalized spacial score (nSPS) is 10.3. The van der Waals surface area contributed by atoms with Gasteiger partial charge in [0, 0.05) is 20.2 Å². The van der Waals surface area contributed by atoms with Crippen molar-refractivity contribution in [3.05, 3.63) is 56.1 Å². The highest BCUT2D eigenvalue weighted by molar-refractivity contribution is 14.1. The lowest BCUT2D eigenvalue weighted by atomic mass is 10.1. The van der Waals surface area contributed by atoms with Gasteiger partial charge >= 0.3 is 0 Å². The largest absolute Gasteiger partial charge is 0.493 e. The Bertz CT molecular complexity index is 545. The first-order valence-corrected chi connectivity index (χ1v) is 7.44. The molecule has 0 fully saturated rings. The fourth-order valence-electron chi connectivity index (χ4n) is 1.63. The molecule has 0 amide bonds. The lowest BCUT2D eigenvalue weighted by Gasteiger charge is -2.08. The number of hydrogen-bond acceptors (Lipinski definition) is 2. The third-order valence-electron chi connectivity index (χ3n) is 2.54. The van der Waals surface area contributed by atoms with Crippen LogP contribution in [0.3, 0.4) is 0 Å². The highest BCUT2D eigenvalue weighted by Gasteiger charge is 2.01. The van der Waals surface area contributed by atoms with Gasteiger partial charge in [-0.3, -0.25) is 0 Å². The summed E-state index contributed by atoms with van der Waals surface area (Å²) in [4.78, 5) is 0. The molecule has 18 heavy (non-hydrogen) atoms. The molecule has 0 saturated carbocycles. The number of hydrogen-bond donors (Lipinski definition) is 1. The van der Waals surface area contributed by atoms with Crippen molar-refractivity contribution in [3.8, 4) is 5.75 Å². The number of nitrogens with two attached hydrogens (primary N) is 1. The van der Waals surface area contributed by atoms with Crippen molar-refractivity contribution in [2.75, 3.05) is 12.3 Å². The van der Waals surface area contributed by atoms with Crippen molar-refractivity contribution < 1.29 is 4.74 Å². The fraction of sp³-hybridized carbons (Fsp3) is 0.143. The molecule has 94 valence electrons. The summed E-state index contributed by atoms with van der Waals surface area (Å²) in [6, 6.07) is 13.9. The summed E-state index contributed by atoms with van der Waals surface area (Å²) >= 11 is 5.72. The second-order valence-electron chi connectivity index (χ2n) is 3.90. The van der Waals surface area contributed by atoms with Crippen LogP contribution in [0.1, 0.15) is 5.56 Å². The van der Waals surface area contributed by atoms with E-state index in [0.717, 1.165) is 27.9 Å². The van der Waals surface area contributed by atoms with Gasteiger partial charge in [-0.2, -0.15) is 0 Å². The molecule has 0 aliphatic heterocycles. The maximum Gasteiger partial charge on any atom is 0.120 e. The predicted molar refractivity (Wildman–Crippen MR) is 86.9 cm³/mol. The van der Waals surface area contributed by atoms with E-state index in [2.05, 4.69) is 38.5 Å². The van der Waals surface area contributed by atoms with E-state index < -0.39 is 0 Å². The molecule has 2 N–H and O–H groups in total. The Balaban J connectivity index is 1.94. The molecule has 0 aliphatic carbocycles. The van der Waals surface area contributed by atoms with Crippen LogP contribution in [0.5, 0.6) is 5.75 Å². The summed E-state index contributed by atoms with van der Waals surface area (Å²) in [7, 11) is 0. The average molecular weight is 418 g/mol. The third-order valence-corrected chi connectivity index (χ3v) is 3.71. The molecule has 2 rings (SSSR count). The summed E-state index contributed by atoms with van der Waals surface area (Å²) in [5, 5.41) is 0. The highest BCUT2D eigenvalue weighted by atomic mass is 127. The third kappa shape index (κ3) is 3.88. The Hall–Kier alpha value is -0.750. The van der Waals surface area contributed by atoms with Crippen molar-refractivity contribution in [2.24, 2.45) is 0 Å². The molecule has 0 bridgehead atoms. The van der Waals surface area contributed by atoms with Gasteiger partial charge in [0.15, 0.2) is 0 Å². The van der Waals surface area contributed by atoms with Crippen LogP contribution in [0.2, 0.25) is 0 Å². The summed E-state index contributed by atoms with van der Waals surface area (Å²) in [6.07, 6.45) is 0.802. The minimum absolute atomic E-state index is 0.626. The molecule has 0 aromatic heterocycles. The topological polar surface area (TPSA) is 35.2 Å². The van der Waals surface area contributed by atoms with Gasteiger partial charge in [-0.1, -0.05) is 22.0 Å². The zero-order chi connectivity index (χ0) is 13.0. The van der Waals surface area contributed by atoms with E-state index in [1.807, 2.05) is 42.5 Å². The van der Waals surface area contributed by atoms with Crippen LogP contribution >= 0.6 is 38.5 Å². The quantitative estimate of drug-likeness (QED) is 0.595. The molecule has 2 aromatic carbocycles. The number of halogens is 2. The van der Waals surface area contributed by atoms with Crippen LogP contribution in [0.4, 0.5) is 5.69 Å². The maximum atomic E-state index is 5.92. The summed E-state index contributed by atoms with van der Waals surface area (Å²) < 4.78 is 7.93. The van der Waals surface area contributed by atoms with E-state index in [4.69, 9.17) is 10.5 Å². The SMILES string of the molecule is Nc1ccc(Br)cc1CCOc1cccc(I)c1. The molecule has 0 radical (unpaired) electrons. The minimum Gasteiger partial charge on any atom is -0.493 e. The Morgan fingerprint density at radius 1 is 1.17 bits per heavy atom. The number of nitrogen functional groups attached to an aromatic ring is 1. The van der Waals surface area contributed by atoms with Gasteiger partial charge in [0.2, 0.25) is 0 Å². The van der Waals surface area contributed by atoms with E-state index in [9.17, 15) is 0 Å². The monoisotopic (exact) mass is 417 g/mol. The molecular formula is C14H13BrINO. The molecule has 2 aromatic rings. The van der Waals surface area contributed by atoms with Crippen LogP contribution in [0, 0.1) is 3.57 Å². The molecule has 0 heterocycles. The summed E-state index contributed by atoms with van der Waals surface area (Å²) in [5.41, 5.74) is 7.83. The second-order valence-corrected chi connectivity index (χ2v) is 6.06. The Labute approximate surface area is 129 Å². The maximum absolute atomic E-state index is 5.92. The van der Waals surface area contributed by atoms with Crippen molar-refractivity contribution >= 4 is 44.2 Å². The molecule has 2 nitrogen and oxygen atoms in total. The summed E-state index contributed by atoms with van der Waals surface area (Å²) in [6.45, 7) is 0.626. The fourth-order valence-corrected chi connectivity index (χ4v) is 2.55. The Morgan fingerprint density at radius 2 is 2.00 bits per heavy atom. The lowest BCUT2D eigenvalue weighted by molar-refractivity contribution is 0.322. The van der Waals surface area contributed by atoms with Gasteiger partial charge < -0.3 is 10.5 Å². The van der Waals surface area contributed by atoms with Crippen LogP contribution < -0.4 is 10.5 Å². The van der Waals surface area contributed by atoms with Crippen LogP contribution in [0.25, 0.3) is 0 Å². The van der Waals surface area contributed by atoms with Crippen molar-refractivity contribution in [3.63, 3.8) is 0 Å².